The van der Waals surface area contributed by atoms with Crippen molar-refractivity contribution in [3.63, 3.8) is 0 Å². The Kier molecular flexibility index (Phi) is 29.4. The van der Waals surface area contributed by atoms with Gasteiger partial charge >= 0.3 is 0 Å². The van der Waals surface area contributed by atoms with Crippen LogP contribution >= 0.6 is 11.8 Å². The Hall–Kier alpha value is 1.65. The molecule has 148 valence electrons. The minimum absolute atomic E-state index is 0.862. The van der Waals surface area contributed by atoms with Crippen LogP contribution in [0.25, 0.3) is 0 Å². The summed E-state index contributed by atoms with van der Waals surface area (Å²) in [5, 5.41) is 1.72. The first kappa shape index (κ1) is 32.6. The summed E-state index contributed by atoms with van der Waals surface area (Å²) in [5.41, 5.74) is 0. The Morgan fingerprint density at radius 1 is 0.516 bits per heavy atom. The summed E-state index contributed by atoms with van der Waals surface area (Å²) >= 11 is 2.26. The molecule has 0 aromatic heterocycles. The van der Waals surface area contributed by atoms with Gasteiger partial charge in [0, 0.05) is 123 Å². The van der Waals surface area contributed by atoms with Gasteiger partial charge in [0.1, 0.15) is 0 Å². The van der Waals surface area contributed by atoms with E-state index >= 15 is 0 Å². The van der Waals surface area contributed by atoms with Crippen molar-refractivity contribution in [2.24, 2.45) is 0 Å². The molecule has 0 amide bonds. The molecule has 0 aliphatic carbocycles. The number of hydrogen-bond acceptors (Lipinski definition) is 1. The molecule has 0 N–H and O–H groups in total. The van der Waals surface area contributed by atoms with Gasteiger partial charge in [-0.25, -0.2) is 0 Å². The summed E-state index contributed by atoms with van der Waals surface area (Å²) in [6.45, 7) is 4.94. The molecule has 21 heteroatoms. The van der Waals surface area contributed by atoms with Gasteiger partial charge in [0.15, 0.2) is 0 Å². The molecule has 0 saturated carbocycles. The van der Waals surface area contributed by atoms with Gasteiger partial charge in [-0.05, 0) is 12.8 Å². The van der Waals surface area contributed by atoms with Crippen LogP contribution in [0.2, 0.25) is 12.6 Å². The van der Waals surface area contributed by atoms with E-state index in [1.54, 1.807) is 0 Å². The van der Waals surface area contributed by atoms with Crippen LogP contribution in [0.5, 0.6) is 0 Å². The van der Waals surface area contributed by atoms with Crippen molar-refractivity contribution in [1.29, 1.82) is 0 Å². The lowest BCUT2D eigenvalue weighted by Gasteiger charge is -2.17. The number of thioether (sulfide) groups is 1. The predicted molar refractivity (Wildman–Crippen MR) is 200 cm³/mol. The largest absolute Gasteiger partial charge is 0.156 e. The quantitative estimate of drug-likeness (QED) is 0.101. The molecule has 0 aliphatic rings. The molecule has 2 atom stereocenters. The Bertz CT molecular complexity index is 311. The summed E-state index contributed by atoms with van der Waals surface area (Å²) in [5.74, 6) is 0. The van der Waals surface area contributed by atoms with Gasteiger partial charge in [-0.15, -0.1) is 0 Å². The van der Waals surface area contributed by atoms with Crippen molar-refractivity contribution in [3.05, 3.63) is 0 Å². The van der Waals surface area contributed by atoms with E-state index in [-0.39, 0.29) is 0 Å². The molecule has 0 fully saturated rings. The lowest BCUT2D eigenvalue weighted by molar-refractivity contribution is 0.754. The van der Waals surface area contributed by atoms with Crippen LogP contribution in [-0.2, 0) is 0 Å². The Labute approximate surface area is 216 Å². The fourth-order valence-corrected chi connectivity index (χ4v) is 6.12. The lowest BCUT2D eigenvalue weighted by Crippen LogP contribution is -2.31. The smallest absolute Gasteiger partial charge is 0.0776 e. The highest BCUT2D eigenvalue weighted by Gasteiger charge is 2.10. The van der Waals surface area contributed by atoms with Crippen molar-refractivity contribution >= 4 is 155 Å². The van der Waals surface area contributed by atoms with Crippen molar-refractivity contribution in [2.45, 2.75) is 62.7 Å². The van der Waals surface area contributed by atoms with E-state index in [1.165, 1.54) is 166 Å². The normalized spacial score (nSPS) is 11.2. The molecule has 0 saturated heterocycles. The molecular weight excluding hydrogens is 368 g/mol. The molecule has 0 nitrogen and oxygen atoms in total. The van der Waals surface area contributed by atoms with Crippen molar-refractivity contribution in [1.82, 2.24) is 0 Å². The number of hydrogen-bond donors (Lipinski definition) is 0. The summed E-state index contributed by atoms with van der Waals surface area (Å²) in [7, 11) is 30.9. The molecule has 0 heterocycles. The Morgan fingerprint density at radius 2 is 0.839 bits per heavy atom. The first-order valence-corrected chi connectivity index (χ1v) is 15.8. The summed E-state index contributed by atoms with van der Waals surface area (Å²) in [4.78, 5) is 0. The third-order valence-electron chi connectivity index (χ3n) is 6.89. The van der Waals surface area contributed by atoms with E-state index in [0.29, 0.717) is 0 Å². The van der Waals surface area contributed by atoms with Crippen molar-refractivity contribution in [2.75, 3.05) is 0 Å². The maximum atomic E-state index is 2.47. The second kappa shape index (κ2) is 27.9. The van der Waals surface area contributed by atoms with Crippen LogP contribution in [-0.4, -0.2) is 153 Å². The van der Waals surface area contributed by atoms with Gasteiger partial charge in [0.25, 0.3) is 0 Å². The van der Waals surface area contributed by atoms with E-state index in [1.807, 2.05) is 0 Å². The minimum Gasteiger partial charge on any atom is -0.156 e. The third kappa shape index (κ3) is 27.8. The van der Waals surface area contributed by atoms with Crippen LogP contribution in [0.4, 0.5) is 0 Å². The van der Waals surface area contributed by atoms with Crippen LogP contribution in [0.1, 0.15) is 39.5 Å². The molecule has 31 heavy (non-hydrogen) atoms. The lowest BCUT2D eigenvalue weighted by atomic mass is 8.89. The first-order valence-electron chi connectivity index (χ1n) is 14.9. The number of rotatable bonds is 26. The second-order valence-electron chi connectivity index (χ2n) is 10.4. The van der Waals surface area contributed by atoms with E-state index in [4.69, 9.17) is 0 Å². The van der Waals surface area contributed by atoms with Crippen molar-refractivity contribution < 1.29 is 0 Å². The highest BCUT2D eigenvalue weighted by Crippen LogP contribution is 2.25. The van der Waals surface area contributed by atoms with Crippen LogP contribution < -0.4 is 0 Å². The molecule has 0 aromatic rings. The molecule has 0 aliphatic heterocycles. The van der Waals surface area contributed by atoms with Gasteiger partial charge in [-0.2, -0.15) is 11.8 Å². The highest BCUT2D eigenvalue weighted by molar-refractivity contribution is 8.00. The zero-order valence-electron chi connectivity index (χ0n) is 22.5. The Balaban J connectivity index is 3.29. The van der Waals surface area contributed by atoms with Gasteiger partial charge in [0.05, 0.1) is 29.8 Å². The molecule has 0 aromatic carbocycles. The van der Waals surface area contributed by atoms with Crippen LogP contribution in [0.15, 0.2) is 0 Å². The van der Waals surface area contributed by atoms with E-state index in [2.05, 4.69) is 41.1 Å². The summed E-state index contributed by atoms with van der Waals surface area (Å²) in [6, 6.07) is 0. The third-order valence-corrected chi connectivity index (χ3v) is 8.29. The zero-order valence-corrected chi connectivity index (χ0v) is 23.4. The maximum absolute atomic E-state index is 2.47. The standard InChI is InChI=1S/C10H42B20S/c1-9(5-3-7-13-17-21-25-29-27-23-19-15-11)31-10(2)6-4-8-14-18-22-26-30-28-24-20-16-12/h9-10,13-30H,3-8,11-12H2,1-2H3. The molecule has 2 unspecified atom stereocenters. The monoisotopic (exact) mass is 414 g/mol. The topological polar surface area (TPSA) is 0 Å². The van der Waals surface area contributed by atoms with Gasteiger partial charge < -0.3 is 0 Å². The fourth-order valence-electron chi connectivity index (χ4n) is 4.72. The molecule has 0 bridgehead atoms. The van der Waals surface area contributed by atoms with Gasteiger partial charge in [0.2, 0.25) is 0 Å². The fraction of sp³-hybridized carbons (Fsp3) is 1.00. The molecule has 0 radical (unpaired) electrons. The summed E-state index contributed by atoms with van der Waals surface area (Å²) in [6.07, 6.45) is 8.71. The first-order chi connectivity index (χ1) is 15.2. The predicted octanol–water partition coefficient (Wildman–Crippen LogP) is -9.51. The highest BCUT2D eigenvalue weighted by atomic mass is 32.2. The van der Waals surface area contributed by atoms with Crippen molar-refractivity contribution in [3.8, 4) is 0 Å². The summed E-state index contributed by atoms with van der Waals surface area (Å²) < 4.78 is 0. The van der Waals surface area contributed by atoms with Crippen LogP contribution in [0.3, 0.4) is 0 Å². The van der Waals surface area contributed by atoms with Gasteiger partial charge in [-0.3, -0.25) is 0 Å². The molecular formula is C10H42B20S. The van der Waals surface area contributed by atoms with E-state index < -0.39 is 0 Å². The zero-order chi connectivity index (χ0) is 22.8. The second-order valence-corrected chi connectivity index (χ2v) is 12.3. The van der Waals surface area contributed by atoms with Gasteiger partial charge in [-0.1, -0.05) is 39.3 Å². The minimum atomic E-state index is 0.862. The average molecular weight is 411 g/mol. The van der Waals surface area contributed by atoms with E-state index in [9.17, 15) is 0 Å². The average Bonchev–Trinajstić information content (AvgIpc) is 2.75. The Morgan fingerprint density at radius 3 is 1.19 bits per heavy atom. The molecule has 0 spiro atoms. The SMILES string of the molecule is BBBBBBBBBBCCCC(C)SC(C)CCCBBBBBBBBBB. The van der Waals surface area contributed by atoms with E-state index in [0.717, 1.165) is 10.5 Å². The van der Waals surface area contributed by atoms with Crippen LogP contribution in [0, 0.1) is 0 Å². The maximum Gasteiger partial charge on any atom is 0.0776 e. The molecule has 0 rings (SSSR count).